The molecule has 0 saturated heterocycles. The van der Waals surface area contributed by atoms with Gasteiger partial charge in [0.1, 0.15) is 5.58 Å². The molecule has 0 aliphatic carbocycles. The van der Waals surface area contributed by atoms with Crippen LogP contribution in [0, 0.1) is 6.92 Å². The highest BCUT2D eigenvalue weighted by Gasteiger charge is 2.20. The highest BCUT2D eigenvalue weighted by molar-refractivity contribution is 5.90. The number of anilines is 1. The van der Waals surface area contributed by atoms with Crippen molar-refractivity contribution in [3.05, 3.63) is 75.1 Å². The molecule has 1 aliphatic heterocycles. The van der Waals surface area contributed by atoms with Crippen molar-refractivity contribution in [2.45, 2.75) is 26.3 Å². The summed E-state index contributed by atoms with van der Waals surface area (Å²) in [6.07, 6.45) is 1.92. The van der Waals surface area contributed by atoms with Crippen LogP contribution in [0.25, 0.3) is 11.0 Å². The molecule has 0 unspecified atom stereocenters. The number of esters is 1. The van der Waals surface area contributed by atoms with E-state index in [-0.39, 0.29) is 11.6 Å². The number of hydrogen-bond acceptors (Lipinski definition) is 5. The van der Waals surface area contributed by atoms with Gasteiger partial charge in [0.15, 0.2) is 0 Å². The van der Waals surface area contributed by atoms with Crippen LogP contribution < -0.4 is 10.5 Å². The second kappa shape index (κ2) is 6.91. The molecule has 1 aromatic heterocycles. The number of methoxy groups -OCH3 is 1. The van der Waals surface area contributed by atoms with E-state index >= 15 is 0 Å². The minimum Gasteiger partial charge on any atom is -0.465 e. The third-order valence-electron chi connectivity index (χ3n) is 5.06. The van der Waals surface area contributed by atoms with Crippen LogP contribution in [0.4, 0.5) is 5.69 Å². The monoisotopic (exact) mass is 363 g/mol. The molecule has 0 bridgehead atoms. The van der Waals surface area contributed by atoms with E-state index in [4.69, 9.17) is 9.15 Å². The molecule has 0 N–H and O–H groups in total. The van der Waals surface area contributed by atoms with Crippen molar-refractivity contribution in [2.75, 3.05) is 18.6 Å². The minimum absolute atomic E-state index is 0.322. The van der Waals surface area contributed by atoms with Crippen LogP contribution in [-0.4, -0.2) is 19.6 Å². The lowest BCUT2D eigenvalue weighted by Gasteiger charge is -2.32. The summed E-state index contributed by atoms with van der Waals surface area (Å²) in [5, 5.41) is 0.957. The first-order valence-corrected chi connectivity index (χ1v) is 9.05. The number of nitrogens with zero attached hydrogens (tertiary/aromatic N) is 1. The van der Waals surface area contributed by atoms with E-state index in [1.807, 2.05) is 37.3 Å². The lowest BCUT2D eigenvalue weighted by Crippen LogP contribution is -2.29. The highest BCUT2D eigenvalue weighted by Crippen LogP contribution is 2.31. The molecule has 27 heavy (non-hydrogen) atoms. The topological polar surface area (TPSA) is 59.8 Å². The zero-order valence-electron chi connectivity index (χ0n) is 15.5. The summed E-state index contributed by atoms with van der Waals surface area (Å²) in [7, 11) is 1.39. The molecule has 0 amide bonds. The second-order valence-electron chi connectivity index (χ2n) is 6.95. The average Bonchev–Trinajstić information content (AvgIpc) is 2.66. The van der Waals surface area contributed by atoms with Crippen LogP contribution in [0.1, 0.15) is 33.5 Å². The molecule has 0 atom stereocenters. The van der Waals surface area contributed by atoms with E-state index in [1.54, 1.807) is 12.1 Å². The van der Waals surface area contributed by atoms with Crippen molar-refractivity contribution in [3.8, 4) is 0 Å². The van der Waals surface area contributed by atoms with Gasteiger partial charge in [0.25, 0.3) is 0 Å². The minimum atomic E-state index is -0.332. The molecule has 0 fully saturated rings. The Morgan fingerprint density at radius 3 is 2.85 bits per heavy atom. The maximum absolute atomic E-state index is 12.0. The van der Waals surface area contributed by atoms with Crippen LogP contribution >= 0.6 is 0 Å². The average molecular weight is 363 g/mol. The largest absolute Gasteiger partial charge is 0.465 e. The maximum Gasteiger partial charge on any atom is 0.337 e. The Labute approximate surface area is 157 Å². The van der Waals surface area contributed by atoms with Crippen molar-refractivity contribution in [2.24, 2.45) is 0 Å². The Kier molecular flexibility index (Phi) is 4.44. The molecule has 2 aromatic carbocycles. The molecule has 5 nitrogen and oxygen atoms in total. The van der Waals surface area contributed by atoms with E-state index in [9.17, 15) is 9.59 Å². The van der Waals surface area contributed by atoms with E-state index in [2.05, 4.69) is 4.90 Å². The van der Waals surface area contributed by atoms with Gasteiger partial charge in [-0.3, -0.25) is 0 Å². The Morgan fingerprint density at radius 1 is 1.19 bits per heavy atom. The zero-order chi connectivity index (χ0) is 19.0. The Hall–Kier alpha value is -3.08. The fourth-order valence-corrected chi connectivity index (χ4v) is 3.76. The second-order valence-corrected chi connectivity index (χ2v) is 6.95. The fraction of sp³-hybridized carbons (Fsp3) is 0.273. The third kappa shape index (κ3) is 3.33. The van der Waals surface area contributed by atoms with Gasteiger partial charge in [-0.1, -0.05) is 12.1 Å². The summed E-state index contributed by atoms with van der Waals surface area (Å²) < 4.78 is 10.2. The van der Waals surface area contributed by atoms with Crippen molar-refractivity contribution < 1.29 is 13.9 Å². The molecule has 4 rings (SSSR count). The normalized spacial score (nSPS) is 13.5. The number of hydrogen-bond donors (Lipinski definition) is 0. The van der Waals surface area contributed by atoms with Crippen LogP contribution in [0.15, 0.2) is 51.7 Å². The predicted octanol–water partition coefficient (Wildman–Crippen LogP) is 3.84. The highest BCUT2D eigenvalue weighted by atomic mass is 16.5. The third-order valence-corrected chi connectivity index (χ3v) is 5.06. The van der Waals surface area contributed by atoms with Gasteiger partial charge in [-0.15, -0.1) is 0 Å². The number of ether oxygens (including phenoxy) is 1. The van der Waals surface area contributed by atoms with Crippen LogP contribution in [0.2, 0.25) is 0 Å². The van der Waals surface area contributed by atoms with Gasteiger partial charge in [-0.05, 0) is 60.7 Å². The Balaban J connectivity index is 1.72. The van der Waals surface area contributed by atoms with Gasteiger partial charge < -0.3 is 14.1 Å². The SMILES string of the molecule is COC(=O)c1ccc2c(c1)CCCN2Cc1cc(=O)oc2cc(C)ccc12. The summed E-state index contributed by atoms with van der Waals surface area (Å²) in [5.74, 6) is -0.322. The van der Waals surface area contributed by atoms with Crippen molar-refractivity contribution in [1.29, 1.82) is 0 Å². The van der Waals surface area contributed by atoms with Crippen molar-refractivity contribution >= 4 is 22.6 Å². The molecule has 0 radical (unpaired) electrons. The molecule has 0 spiro atoms. The van der Waals surface area contributed by atoms with E-state index in [1.165, 1.54) is 7.11 Å². The first-order chi connectivity index (χ1) is 13.0. The number of carbonyl (C=O) groups is 1. The fourth-order valence-electron chi connectivity index (χ4n) is 3.76. The molecule has 5 heteroatoms. The molecule has 0 saturated carbocycles. The number of rotatable bonds is 3. The quantitative estimate of drug-likeness (QED) is 0.523. The van der Waals surface area contributed by atoms with E-state index < -0.39 is 0 Å². The lowest BCUT2D eigenvalue weighted by molar-refractivity contribution is 0.0600. The van der Waals surface area contributed by atoms with Crippen molar-refractivity contribution in [1.82, 2.24) is 0 Å². The van der Waals surface area contributed by atoms with Crippen LogP contribution in [-0.2, 0) is 17.7 Å². The first kappa shape index (κ1) is 17.3. The van der Waals surface area contributed by atoms with Gasteiger partial charge in [0.05, 0.1) is 12.7 Å². The molecule has 2 heterocycles. The summed E-state index contributed by atoms with van der Waals surface area (Å²) in [5.41, 5.74) is 5.10. The molecular formula is C22H21NO4. The maximum atomic E-state index is 12.0. The van der Waals surface area contributed by atoms with Crippen LogP contribution in [0.3, 0.4) is 0 Å². The molecular weight excluding hydrogens is 342 g/mol. The van der Waals surface area contributed by atoms with Gasteiger partial charge in [-0.2, -0.15) is 0 Å². The number of benzene rings is 2. The van der Waals surface area contributed by atoms with Crippen LogP contribution in [0.5, 0.6) is 0 Å². The van der Waals surface area contributed by atoms with Gasteiger partial charge >= 0.3 is 11.6 Å². The summed E-state index contributed by atoms with van der Waals surface area (Å²) in [6, 6.07) is 13.2. The number of aryl methyl sites for hydroxylation is 2. The molecule has 3 aromatic rings. The summed E-state index contributed by atoms with van der Waals surface area (Å²) >= 11 is 0. The van der Waals surface area contributed by atoms with Gasteiger partial charge in [0.2, 0.25) is 0 Å². The Bertz CT molecular complexity index is 1080. The summed E-state index contributed by atoms with van der Waals surface area (Å²) in [4.78, 5) is 26.1. The predicted molar refractivity (Wildman–Crippen MR) is 104 cm³/mol. The standard InChI is InChI=1S/C22H21NO4/c1-14-5-7-18-17(12-21(24)27-20(18)10-14)13-23-9-3-4-15-11-16(22(25)26-2)6-8-19(15)23/h5-8,10-12H,3-4,9,13H2,1-2H3. The van der Waals surface area contributed by atoms with E-state index in [0.29, 0.717) is 17.7 Å². The molecule has 1 aliphatic rings. The Morgan fingerprint density at radius 2 is 2.04 bits per heavy atom. The van der Waals surface area contributed by atoms with E-state index in [0.717, 1.165) is 47.2 Å². The zero-order valence-corrected chi connectivity index (χ0v) is 15.5. The lowest BCUT2D eigenvalue weighted by atomic mass is 9.98. The van der Waals surface area contributed by atoms with Crippen molar-refractivity contribution in [3.63, 3.8) is 0 Å². The van der Waals surface area contributed by atoms with Gasteiger partial charge in [-0.25, -0.2) is 9.59 Å². The summed E-state index contributed by atoms with van der Waals surface area (Å²) in [6.45, 7) is 3.50. The first-order valence-electron chi connectivity index (χ1n) is 9.05. The number of carbonyl (C=O) groups excluding carboxylic acids is 1. The molecule has 138 valence electrons. The number of fused-ring (bicyclic) bond motifs is 2. The smallest absolute Gasteiger partial charge is 0.337 e. The van der Waals surface area contributed by atoms with Gasteiger partial charge in [0, 0.05) is 30.2 Å².